The number of carbonyl (C=O) groups is 1. The largest absolute Gasteiger partial charge is 0.397 e. The second-order valence-electron chi connectivity index (χ2n) is 4.52. The highest BCUT2D eigenvalue weighted by atomic mass is 79.9. The lowest BCUT2D eigenvalue weighted by atomic mass is 10.2. The summed E-state index contributed by atoms with van der Waals surface area (Å²) in [5.41, 5.74) is 7.69. The highest BCUT2D eigenvalue weighted by Crippen LogP contribution is 2.25. The Morgan fingerprint density at radius 1 is 1.33 bits per heavy atom. The van der Waals surface area contributed by atoms with Crippen LogP contribution in [0.15, 0.2) is 22.7 Å². The van der Waals surface area contributed by atoms with Gasteiger partial charge in [-0.2, -0.15) is 0 Å². The minimum Gasteiger partial charge on any atom is -0.397 e. The van der Waals surface area contributed by atoms with Crippen LogP contribution in [0.2, 0.25) is 0 Å². The van der Waals surface area contributed by atoms with Gasteiger partial charge in [0.1, 0.15) is 0 Å². The van der Waals surface area contributed by atoms with E-state index in [1.807, 2.05) is 25.2 Å². The van der Waals surface area contributed by atoms with E-state index in [0.29, 0.717) is 6.42 Å². The van der Waals surface area contributed by atoms with Gasteiger partial charge in [-0.3, -0.25) is 4.79 Å². The molecule has 0 aliphatic heterocycles. The fourth-order valence-corrected chi connectivity index (χ4v) is 2.06. The summed E-state index contributed by atoms with van der Waals surface area (Å²) in [6.45, 7) is 0.811. The SMILES string of the molecule is CN(C)C(=O)CCCN(C)c1ccc(Br)cc1N. The van der Waals surface area contributed by atoms with E-state index in [-0.39, 0.29) is 5.91 Å². The van der Waals surface area contributed by atoms with Gasteiger partial charge in [-0.1, -0.05) is 15.9 Å². The first kappa shape index (κ1) is 14.8. The number of amides is 1. The molecule has 4 nitrogen and oxygen atoms in total. The molecule has 0 saturated heterocycles. The summed E-state index contributed by atoms with van der Waals surface area (Å²) in [7, 11) is 5.54. The van der Waals surface area contributed by atoms with Crippen LogP contribution in [0.4, 0.5) is 11.4 Å². The van der Waals surface area contributed by atoms with Crippen LogP contribution in [-0.4, -0.2) is 38.5 Å². The first-order chi connectivity index (χ1) is 8.41. The number of nitrogens with zero attached hydrogens (tertiary/aromatic N) is 2. The summed E-state index contributed by atoms with van der Waals surface area (Å²) < 4.78 is 0.972. The van der Waals surface area contributed by atoms with Crippen molar-refractivity contribution in [3.63, 3.8) is 0 Å². The number of nitrogens with two attached hydrogens (primary N) is 1. The van der Waals surface area contributed by atoms with Gasteiger partial charge in [-0.05, 0) is 24.6 Å². The molecule has 100 valence electrons. The molecule has 1 amide bonds. The summed E-state index contributed by atoms with van der Waals surface area (Å²) in [6.07, 6.45) is 1.39. The highest BCUT2D eigenvalue weighted by molar-refractivity contribution is 9.10. The fraction of sp³-hybridized carbons (Fsp3) is 0.462. The quantitative estimate of drug-likeness (QED) is 0.849. The van der Waals surface area contributed by atoms with E-state index >= 15 is 0 Å². The Morgan fingerprint density at radius 2 is 2.00 bits per heavy atom. The van der Waals surface area contributed by atoms with Crippen molar-refractivity contribution in [3.8, 4) is 0 Å². The Hall–Kier alpha value is -1.23. The van der Waals surface area contributed by atoms with Crippen LogP contribution in [0.5, 0.6) is 0 Å². The Kier molecular flexibility index (Phi) is 5.47. The van der Waals surface area contributed by atoms with Crippen LogP contribution in [0.3, 0.4) is 0 Å². The van der Waals surface area contributed by atoms with Crippen LogP contribution in [0, 0.1) is 0 Å². The van der Waals surface area contributed by atoms with E-state index in [0.717, 1.165) is 28.8 Å². The summed E-state index contributed by atoms with van der Waals surface area (Å²) >= 11 is 3.38. The third-order valence-electron chi connectivity index (χ3n) is 2.78. The third-order valence-corrected chi connectivity index (χ3v) is 3.28. The van der Waals surface area contributed by atoms with Crippen molar-refractivity contribution in [3.05, 3.63) is 22.7 Å². The monoisotopic (exact) mass is 313 g/mol. The molecule has 1 aromatic rings. The number of rotatable bonds is 5. The van der Waals surface area contributed by atoms with Gasteiger partial charge < -0.3 is 15.5 Å². The van der Waals surface area contributed by atoms with Gasteiger partial charge in [0.05, 0.1) is 11.4 Å². The molecule has 1 rings (SSSR count). The molecule has 0 heterocycles. The van der Waals surface area contributed by atoms with Gasteiger partial charge in [-0.15, -0.1) is 0 Å². The molecule has 0 fully saturated rings. The van der Waals surface area contributed by atoms with Crippen molar-refractivity contribution < 1.29 is 4.79 Å². The summed E-state index contributed by atoms with van der Waals surface area (Å²) in [5, 5.41) is 0. The van der Waals surface area contributed by atoms with E-state index in [2.05, 4.69) is 20.8 Å². The topological polar surface area (TPSA) is 49.6 Å². The fourth-order valence-electron chi connectivity index (χ4n) is 1.68. The van der Waals surface area contributed by atoms with Gasteiger partial charge in [0.15, 0.2) is 0 Å². The molecule has 0 bridgehead atoms. The molecule has 0 aromatic heterocycles. The van der Waals surface area contributed by atoms with E-state index in [1.165, 1.54) is 0 Å². The summed E-state index contributed by atoms with van der Waals surface area (Å²) in [6, 6.07) is 5.83. The minimum atomic E-state index is 0.159. The molecular weight excluding hydrogens is 294 g/mol. The Balaban J connectivity index is 2.50. The zero-order chi connectivity index (χ0) is 13.7. The van der Waals surface area contributed by atoms with Crippen LogP contribution >= 0.6 is 15.9 Å². The molecule has 5 heteroatoms. The normalized spacial score (nSPS) is 10.2. The first-order valence-corrected chi connectivity index (χ1v) is 6.67. The molecule has 0 radical (unpaired) electrons. The molecule has 0 atom stereocenters. The van der Waals surface area contributed by atoms with E-state index in [1.54, 1.807) is 19.0 Å². The predicted molar refractivity (Wildman–Crippen MR) is 79.8 cm³/mol. The number of hydrogen-bond donors (Lipinski definition) is 1. The van der Waals surface area contributed by atoms with E-state index in [9.17, 15) is 4.79 Å². The van der Waals surface area contributed by atoms with Crippen LogP contribution in [0.25, 0.3) is 0 Å². The predicted octanol–water partition coefficient (Wildman–Crippen LogP) is 2.34. The molecule has 18 heavy (non-hydrogen) atoms. The van der Waals surface area contributed by atoms with E-state index in [4.69, 9.17) is 5.73 Å². The maximum atomic E-state index is 11.4. The molecule has 0 aliphatic rings. The Bertz CT molecular complexity index is 421. The molecule has 0 aliphatic carbocycles. The molecule has 0 spiro atoms. The lowest BCUT2D eigenvalue weighted by Gasteiger charge is -2.21. The Labute approximate surface area is 117 Å². The van der Waals surface area contributed by atoms with Gasteiger partial charge in [0.2, 0.25) is 5.91 Å². The van der Waals surface area contributed by atoms with Crippen LogP contribution in [-0.2, 0) is 4.79 Å². The zero-order valence-electron chi connectivity index (χ0n) is 11.1. The summed E-state index contributed by atoms with van der Waals surface area (Å²) in [5.74, 6) is 0.159. The van der Waals surface area contributed by atoms with Gasteiger partial charge in [-0.25, -0.2) is 0 Å². The number of halogens is 1. The van der Waals surface area contributed by atoms with Crippen LogP contribution < -0.4 is 10.6 Å². The maximum Gasteiger partial charge on any atom is 0.222 e. The number of nitrogen functional groups attached to an aromatic ring is 1. The summed E-state index contributed by atoms with van der Waals surface area (Å²) in [4.78, 5) is 15.1. The zero-order valence-corrected chi connectivity index (χ0v) is 12.7. The Morgan fingerprint density at radius 3 is 2.56 bits per heavy atom. The molecule has 0 saturated carbocycles. The van der Waals surface area contributed by atoms with Crippen molar-refractivity contribution in [2.24, 2.45) is 0 Å². The van der Waals surface area contributed by atoms with Crippen molar-refractivity contribution in [1.29, 1.82) is 0 Å². The van der Waals surface area contributed by atoms with Gasteiger partial charge >= 0.3 is 0 Å². The van der Waals surface area contributed by atoms with E-state index < -0.39 is 0 Å². The average Bonchev–Trinajstić information content (AvgIpc) is 2.28. The number of anilines is 2. The second kappa shape index (κ2) is 6.64. The number of benzene rings is 1. The minimum absolute atomic E-state index is 0.159. The molecule has 2 N–H and O–H groups in total. The number of hydrogen-bond acceptors (Lipinski definition) is 3. The molecular formula is C13H20BrN3O. The van der Waals surface area contributed by atoms with Gasteiger partial charge in [0.25, 0.3) is 0 Å². The average molecular weight is 314 g/mol. The second-order valence-corrected chi connectivity index (χ2v) is 5.43. The van der Waals surface area contributed by atoms with Gasteiger partial charge in [0, 0.05) is 38.6 Å². The first-order valence-electron chi connectivity index (χ1n) is 5.88. The maximum absolute atomic E-state index is 11.4. The van der Waals surface area contributed by atoms with Crippen molar-refractivity contribution >= 4 is 33.2 Å². The van der Waals surface area contributed by atoms with Crippen molar-refractivity contribution in [1.82, 2.24) is 4.90 Å². The highest BCUT2D eigenvalue weighted by Gasteiger charge is 2.08. The lowest BCUT2D eigenvalue weighted by molar-refractivity contribution is -0.128. The third kappa shape index (κ3) is 4.22. The smallest absolute Gasteiger partial charge is 0.222 e. The molecule has 1 aromatic carbocycles. The van der Waals surface area contributed by atoms with Crippen LogP contribution in [0.1, 0.15) is 12.8 Å². The lowest BCUT2D eigenvalue weighted by Crippen LogP contribution is -2.24. The number of carbonyl (C=O) groups excluding carboxylic acids is 1. The van der Waals surface area contributed by atoms with Crippen molar-refractivity contribution in [2.45, 2.75) is 12.8 Å². The standard InChI is InChI=1S/C13H20BrN3O/c1-16(2)13(18)5-4-8-17(3)12-7-6-10(14)9-11(12)15/h6-7,9H,4-5,8,15H2,1-3H3. The van der Waals surface area contributed by atoms with Crippen molar-refractivity contribution in [2.75, 3.05) is 38.3 Å². The molecule has 0 unspecified atom stereocenters.